The van der Waals surface area contributed by atoms with Crippen molar-refractivity contribution in [2.75, 3.05) is 25.0 Å². The van der Waals surface area contributed by atoms with Crippen molar-refractivity contribution in [2.24, 2.45) is 5.92 Å². The van der Waals surface area contributed by atoms with E-state index in [1.807, 2.05) is 25.1 Å². The summed E-state index contributed by atoms with van der Waals surface area (Å²) in [5.74, 6) is 1.06. The Balaban J connectivity index is 0.00000200. The van der Waals surface area contributed by atoms with E-state index in [2.05, 4.69) is 17.6 Å². The van der Waals surface area contributed by atoms with Crippen LogP contribution in [-0.4, -0.2) is 25.6 Å². The summed E-state index contributed by atoms with van der Waals surface area (Å²) in [7, 11) is 0. The van der Waals surface area contributed by atoms with Gasteiger partial charge < -0.3 is 15.4 Å². The monoisotopic (exact) mass is 298 g/mol. The van der Waals surface area contributed by atoms with Crippen LogP contribution < -0.4 is 15.4 Å². The van der Waals surface area contributed by atoms with Gasteiger partial charge in [0, 0.05) is 12.2 Å². The van der Waals surface area contributed by atoms with Gasteiger partial charge in [0.2, 0.25) is 5.91 Å². The molecule has 1 unspecified atom stereocenters. The summed E-state index contributed by atoms with van der Waals surface area (Å²) in [4.78, 5) is 12.0. The number of halogens is 1. The molecule has 0 bridgehead atoms. The fraction of sp³-hybridized carbons (Fsp3) is 0.533. The molecular weight excluding hydrogens is 276 g/mol. The van der Waals surface area contributed by atoms with Crippen LogP contribution >= 0.6 is 12.4 Å². The zero-order valence-corrected chi connectivity index (χ0v) is 12.9. The Kier molecular flexibility index (Phi) is 6.82. The number of nitrogens with one attached hydrogen (secondary N) is 2. The molecule has 1 amide bonds. The fourth-order valence-corrected chi connectivity index (χ4v) is 2.20. The molecule has 0 spiro atoms. The summed E-state index contributed by atoms with van der Waals surface area (Å²) >= 11 is 0. The van der Waals surface area contributed by atoms with Gasteiger partial charge in [0.1, 0.15) is 5.75 Å². The van der Waals surface area contributed by atoms with Crippen molar-refractivity contribution >= 4 is 24.0 Å². The van der Waals surface area contributed by atoms with Crippen molar-refractivity contribution in [1.82, 2.24) is 5.32 Å². The van der Waals surface area contributed by atoms with Crippen LogP contribution in [0.15, 0.2) is 18.2 Å². The van der Waals surface area contributed by atoms with Crippen molar-refractivity contribution in [2.45, 2.75) is 26.7 Å². The molecule has 1 atom stereocenters. The van der Waals surface area contributed by atoms with Gasteiger partial charge in [-0.25, -0.2) is 0 Å². The topological polar surface area (TPSA) is 50.4 Å². The second-order valence-corrected chi connectivity index (χ2v) is 5.00. The molecule has 1 saturated heterocycles. The lowest BCUT2D eigenvalue weighted by atomic mass is 10.1. The number of carbonyl (C=O) groups excluding carboxylic acids is 1. The molecule has 2 N–H and O–H groups in total. The van der Waals surface area contributed by atoms with Crippen LogP contribution in [0.25, 0.3) is 0 Å². The Bertz CT molecular complexity index is 445. The molecule has 1 heterocycles. The van der Waals surface area contributed by atoms with E-state index in [4.69, 9.17) is 4.74 Å². The standard InChI is InChI=1S/C15H22N2O2.ClH/c1-3-8-19-13-4-5-14(11(2)9-13)17-15(18)12-6-7-16-10-12;/h4-5,9,12,16H,3,6-8,10H2,1-2H3,(H,17,18);1H. The van der Waals surface area contributed by atoms with Crippen molar-refractivity contribution in [3.8, 4) is 5.75 Å². The average molecular weight is 299 g/mol. The number of hydrogen-bond donors (Lipinski definition) is 2. The van der Waals surface area contributed by atoms with Crippen LogP contribution in [0.1, 0.15) is 25.3 Å². The Morgan fingerprint density at radius 2 is 2.30 bits per heavy atom. The first kappa shape index (κ1) is 16.8. The predicted molar refractivity (Wildman–Crippen MR) is 83.8 cm³/mol. The first-order valence-electron chi connectivity index (χ1n) is 6.95. The lowest BCUT2D eigenvalue weighted by molar-refractivity contribution is -0.119. The van der Waals surface area contributed by atoms with Gasteiger partial charge in [-0.1, -0.05) is 6.92 Å². The molecule has 0 radical (unpaired) electrons. The zero-order valence-electron chi connectivity index (χ0n) is 12.1. The highest BCUT2D eigenvalue weighted by atomic mass is 35.5. The van der Waals surface area contributed by atoms with E-state index < -0.39 is 0 Å². The maximum Gasteiger partial charge on any atom is 0.228 e. The largest absolute Gasteiger partial charge is 0.494 e. The van der Waals surface area contributed by atoms with Crippen molar-refractivity contribution in [3.05, 3.63) is 23.8 Å². The third-order valence-electron chi connectivity index (χ3n) is 3.36. The van der Waals surface area contributed by atoms with Crippen LogP contribution in [0.4, 0.5) is 5.69 Å². The van der Waals surface area contributed by atoms with E-state index in [1.165, 1.54) is 0 Å². The number of aryl methyl sites for hydroxylation is 1. The fourth-order valence-electron chi connectivity index (χ4n) is 2.20. The molecule has 1 aromatic rings. The maximum atomic E-state index is 12.0. The molecule has 1 aliphatic rings. The van der Waals surface area contributed by atoms with Gasteiger partial charge in [-0.05, 0) is 50.1 Å². The second kappa shape index (κ2) is 8.12. The summed E-state index contributed by atoms with van der Waals surface area (Å²) in [5, 5.41) is 6.21. The van der Waals surface area contributed by atoms with Gasteiger partial charge in [0.15, 0.2) is 0 Å². The summed E-state index contributed by atoms with van der Waals surface area (Å²) in [6, 6.07) is 5.80. The van der Waals surface area contributed by atoms with E-state index in [-0.39, 0.29) is 24.2 Å². The van der Waals surface area contributed by atoms with Crippen molar-refractivity contribution in [1.29, 1.82) is 0 Å². The molecule has 0 aromatic heterocycles. The minimum Gasteiger partial charge on any atom is -0.494 e. The highest BCUT2D eigenvalue weighted by molar-refractivity contribution is 5.93. The van der Waals surface area contributed by atoms with Crippen LogP contribution in [0, 0.1) is 12.8 Å². The predicted octanol–water partition coefficient (Wildman–Crippen LogP) is 2.75. The lowest BCUT2D eigenvalue weighted by Crippen LogP contribution is -2.24. The number of anilines is 1. The van der Waals surface area contributed by atoms with Gasteiger partial charge in [0.25, 0.3) is 0 Å². The average Bonchev–Trinajstić information content (AvgIpc) is 2.93. The Hall–Kier alpha value is -1.26. The molecule has 1 aromatic carbocycles. The molecule has 1 fully saturated rings. The number of amides is 1. The van der Waals surface area contributed by atoms with Crippen molar-refractivity contribution in [3.63, 3.8) is 0 Å². The summed E-state index contributed by atoms with van der Waals surface area (Å²) in [6.07, 6.45) is 1.91. The summed E-state index contributed by atoms with van der Waals surface area (Å²) in [6.45, 7) is 6.50. The Labute approximate surface area is 126 Å². The smallest absolute Gasteiger partial charge is 0.228 e. The van der Waals surface area contributed by atoms with E-state index in [1.54, 1.807) is 0 Å². The van der Waals surface area contributed by atoms with Gasteiger partial charge >= 0.3 is 0 Å². The highest BCUT2D eigenvalue weighted by Gasteiger charge is 2.22. The minimum absolute atomic E-state index is 0. The van der Waals surface area contributed by atoms with Gasteiger partial charge in [-0.3, -0.25) is 4.79 Å². The molecule has 2 rings (SSSR count). The second-order valence-electron chi connectivity index (χ2n) is 5.00. The third kappa shape index (κ3) is 4.39. The lowest BCUT2D eigenvalue weighted by Gasteiger charge is -2.13. The quantitative estimate of drug-likeness (QED) is 0.879. The zero-order chi connectivity index (χ0) is 13.7. The Morgan fingerprint density at radius 1 is 1.50 bits per heavy atom. The van der Waals surface area contributed by atoms with E-state index in [9.17, 15) is 4.79 Å². The van der Waals surface area contributed by atoms with Gasteiger partial charge in [0.05, 0.1) is 12.5 Å². The molecule has 4 nitrogen and oxygen atoms in total. The first-order chi connectivity index (χ1) is 9.20. The number of carbonyl (C=O) groups is 1. The molecule has 20 heavy (non-hydrogen) atoms. The highest BCUT2D eigenvalue weighted by Crippen LogP contribution is 2.22. The van der Waals surface area contributed by atoms with Gasteiger partial charge in [-0.15, -0.1) is 12.4 Å². The van der Waals surface area contributed by atoms with Gasteiger partial charge in [-0.2, -0.15) is 0 Å². The summed E-state index contributed by atoms with van der Waals surface area (Å²) in [5.41, 5.74) is 1.91. The molecule has 0 saturated carbocycles. The molecular formula is C15H23ClN2O2. The normalized spacial score (nSPS) is 17.4. The first-order valence-corrected chi connectivity index (χ1v) is 6.95. The summed E-state index contributed by atoms with van der Waals surface area (Å²) < 4.78 is 5.57. The van der Waals surface area contributed by atoms with Crippen LogP contribution in [0.2, 0.25) is 0 Å². The maximum absolute atomic E-state index is 12.0. The van der Waals surface area contributed by atoms with E-state index >= 15 is 0 Å². The van der Waals surface area contributed by atoms with E-state index in [0.29, 0.717) is 0 Å². The molecule has 5 heteroatoms. The number of rotatable bonds is 5. The Morgan fingerprint density at radius 3 is 2.90 bits per heavy atom. The van der Waals surface area contributed by atoms with E-state index in [0.717, 1.165) is 49.5 Å². The number of hydrogen-bond acceptors (Lipinski definition) is 3. The van der Waals surface area contributed by atoms with Crippen LogP contribution in [0.5, 0.6) is 5.75 Å². The molecule has 1 aliphatic heterocycles. The molecule has 112 valence electrons. The van der Waals surface area contributed by atoms with Crippen molar-refractivity contribution < 1.29 is 9.53 Å². The number of ether oxygens (including phenoxy) is 1. The van der Waals surface area contributed by atoms with Crippen LogP contribution in [0.3, 0.4) is 0 Å². The number of benzene rings is 1. The van der Waals surface area contributed by atoms with Crippen LogP contribution in [-0.2, 0) is 4.79 Å². The SMILES string of the molecule is CCCOc1ccc(NC(=O)C2CCNC2)c(C)c1.Cl. The minimum atomic E-state index is 0. The molecule has 0 aliphatic carbocycles. The third-order valence-corrected chi connectivity index (χ3v) is 3.36.